The van der Waals surface area contributed by atoms with Gasteiger partial charge in [-0.25, -0.2) is 0 Å². The lowest BCUT2D eigenvalue weighted by molar-refractivity contribution is -0.277. The molecule has 1 aliphatic rings. The molecule has 0 aromatic heterocycles. The molecule has 1 aliphatic heterocycles. The molecule has 16 heteroatoms. The van der Waals surface area contributed by atoms with Crippen molar-refractivity contribution in [3.63, 3.8) is 0 Å². The first kappa shape index (κ1) is 45.5. The number of primary amides is 1. The lowest BCUT2D eigenvalue weighted by atomic mass is 9.85. The highest BCUT2D eigenvalue weighted by Gasteiger charge is 2.46. The molecule has 0 bridgehead atoms. The Labute approximate surface area is 316 Å². The normalized spacial score (nSPS) is 19.6. The fourth-order valence-corrected chi connectivity index (χ4v) is 6.05. The minimum atomic E-state index is -1.52. The number of rotatable bonds is 25. The van der Waals surface area contributed by atoms with Crippen LogP contribution in [-0.4, -0.2) is 97.9 Å². The summed E-state index contributed by atoms with van der Waals surface area (Å²) in [5.41, 5.74) is 13.1. The fourth-order valence-electron chi connectivity index (χ4n) is 6.05. The van der Waals surface area contributed by atoms with Gasteiger partial charge in [0, 0.05) is 46.7 Å². The molecule has 1 saturated heterocycles. The number of Topliss-reactive ketones (excluding diaryl/α,β-unsaturated/α-hetero) is 1. The van der Waals surface area contributed by atoms with Crippen LogP contribution in [0.1, 0.15) is 84.1 Å². The molecule has 2 unspecified atom stereocenters. The SMILES string of the molecule is C=CC(=O)NCCCCCC(=O)NCCCCCC(C(=O)[C@@H](N)Cc1ccccc1)C(O[C@H]1C[C@@H](OC(C)=O)[C@H](OC(C)=O)[C@@H](COC(C)=O)O1)C(N)=O. The Morgan fingerprint density at radius 1 is 0.889 bits per heavy atom. The summed E-state index contributed by atoms with van der Waals surface area (Å²) in [6.45, 7) is 7.42. The number of carbonyl (C=O) groups excluding carboxylic acids is 7. The molecule has 0 saturated carbocycles. The largest absolute Gasteiger partial charge is 0.463 e. The van der Waals surface area contributed by atoms with E-state index in [1.165, 1.54) is 13.0 Å². The quantitative estimate of drug-likeness (QED) is 0.0481. The number of hydrogen-bond donors (Lipinski definition) is 4. The van der Waals surface area contributed by atoms with Crippen LogP contribution in [0, 0.1) is 5.92 Å². The van der Waals surface area contributed by atoms with E-state index in [4.69, 9.17) is 35.2 Å². The van der Waals surface area contributed by atoms with E-state index in [1.54, 1.807) is 0 Å². The van der Waals surface area contributed by atoms with E-state index in [-0.39, 0.29) is 31.1 Å². The zero-order valence-corrected chi connectivity index (χ0v) is 31.5. The van der Waals surface area contributed by atoms with Crippen LogP contribution in [0.3, 0.4) is 0 Å². The molecule has 1 heterocycles. The van der Waals surface area contributed by atoms with Gasteiger partial charge in [-0.15, -0.1) is 0 Å². The molecular weight excluding hydrogens is 704 g/mol. The number of unbranched alkanes of at least 4 members (excludes halogenated alkanes) is 4. The van der Waals surface area contributed by atoms with Gasteiger partial charge in [0.2, 0.25) is 17.7 Å². The Balaban J connectivity index is 2.13. The van der Waals surface area contributed by atoms with Gasteiger partial charge in [-0.3, -0.25) is 33.6 Å². The molecule has 300 valence electrons. The van der Waals surface area contributed by atoms with E-state index in [1.807, 2.05) is 30.3 Å². The summed E-state index contributed by atoms with van der Waals surface area (Å²) in [7, 11) is 0. The van der Waals surface area contributed by atoms with Crippen LogP contribution in [0.5, 0.6) is 0 Å². The summed E-state index contributed by atoms with van der Waals surface area (Å²) in [5.74, 6) is -4.88. The second-order valence-electron chi connectivity index (χ2n) is 13.1. The Morgan fingerprint density at radius 3 is 2.15 bits per heavy atom. The average molecular weight is 761 g/mol. The van der Waals surface area contributed by atoms with Crippen molar-refractivity contribution in [3.05, 3.63) is 48.6 Å². The predicted molar refractivity (Wildman–Crippen MR) is 195 cm³/mol. The lowest BCUT2D eigenvalue weighted by Gasteiger charge is -2.41. The van der Waals surface area contributed by atoms with Crippen molar-refractivity contribution in [2.24, 2.45) is 17.4 Å². The summed E-state index contributed by atoms with van der Waals surface area (Å²) >= 11 is 0. The molecule has 0 radical (unpaired) electrons. The van der Waals surface area contributed by atoms with Crippen molar-refractivity contribution >= 4 is 41.4 Å². The molecule has 1 aromatic rings. The Morgan fingerprint density at radius 2 is 1.54 bits per heavy atom. The van der Waals surface area contributed by atoms with Gasteiger partial charge < -0.3 is 45.8 Å². The van der Waals surface area contributed by atoms with Crippen LogP contribution >= 0.6 is 0 Å². The van der Waals surface area contributed by atoms with Gasteiger partial charge in [-0.05, 0) is 43.7 Å². The van der Waals surface area contributed by atoms with Crippen LogP contribution in [0.4, 0.5) is 0 Å². The second-order valence-corrected chi connectivity index (χ2v) is 13.1. The van der Waals surface area contributed by atoms with Gasteiger partial charge in [0.1, 0.15) is 24.9 Å². The van der Waals surface area contributed by atoms with Crippen molar-refractivity contribution in [3.8, 4) is 0 Å². The van der Waals surface area contributed by atoms with Gasteiger partial charge in [0.05, 0.1) is 12.0 Å². The van der Waals surface area contributed by atoms with Gasteiger partial charge in [-0.1, -0.05) is 56.2 Å². The molecule has 16 nitrogen and oxygen atoms in total. The van der Waals surface area contributed by atoms with Crippen molar-refractivity contribution < 1.29 is 57.2 Å². The zero-order chi connectivity index (χ0) is 40.0. The van der Waals surface area contributed by atoms with Crippen LogP contribution in [0.2, 0.25) is 0 Å². The molecule has 2 rings (SSSR count). The van der Waals surface area contributed by atoms with Crippen LogP contribution in [-0.2, 0) is 63.7 Å². The molecule has 7 atom stereocenters. The third-order valence-corrected chi connectivity index (χ3v) is 8.61. The highest BCUT2D eigenvalue weighted by atomic mass is 16.7. The third kappa shape index (κ3) is 17.4. The number of hydrogen-bond acceptors (Lipinski definition) is 13. The average Bonchev–Trinajstić information content (AvgIpc) is 3.11. The van der Waals surface area contributed by atoms with Gasteiger partial charge in [0.15, 0.2) is 18.2 Å². The van der Waals surface area contributed by atoms with Gasteiger partial charge in [-0.2, -0.15) is 0 Å². The molecular formula is C38H56N4O12. The maximum absolute atomic E-state index is 14.0. The Bertz CT molecular complexity index is 1410. The number of amides is 3. The molecule has 54 heavy (non-hydrogen) atoms. The second kappa shape index (κ2) is 24.6. The highest BCUT2D eigenvalue weighted by Crippen LogP contribution is 2.30. The minimum Gasteiger partial charge on any atom is -0.463 e. The number of nitrogens with one attached hydrogen (secondary N) is 2. The smallest absolute Gasteiger partial charge is 0.303 e. The van der Waals surface area contributed by atoms with Crippen LogP contribution in [0.15, 0.2) is 43.0 Å². The fraction of sp³-hybridized carbons (Fsp3) is 0.605. The van der Waals surface area contributed by atoms with E-state index < -0.39 is 78.9 Å². The monoisotopic (exact) mass is 760 g/mol. The summed E-state index contributed by atoms with van der Waals surface area (Å²) < 4.78 is 28.0. The Kier molecular flexibility index (Phi) is 20.7. The van der Waals surface area contributed by atoms with Crippen LogP contribution < -0.4 is 22.1 Å². The molecule has 6 N–H and O–H groups in total. The molecule has 0 spiro atoms. The Hall–Kier alpha value is -4.67. The maximum Gasteiger partial charge on any atom is 0.303 e. The van der Waals surface area contributed by atoms with Crippen molar-refractivity contribution in [1.29, 1.82) is 0 Å². The first-order valence-electron chi connectivity index (χ1n) is 18.3. The standard InChI is InChI=1S/C38H56N4O12/c1-5-32(46)41-19-14-8-12-18-33(47)42-20-13-7-11-17-28(35(48)29(39)21-27-15-9-6-10-16-27)36(38(40)49)54-34-22-30(51-25(3)44)37(52-26(4)45)31(53-34)23-50-24(2)43/h5-6,9-10,15-16,28-31,34,36-37H,1,7-8,11-14,17-23,39H2,2-4H3,(H2,40,49)(H,41,46)(H,42,47)/t28?,29-,30+,31+,34-,36?,37-/m0/s1. The third-order valence-electron chi connectivity index (χ3n) is 8.61. The first-order valence-corrected chi connectivity index (χ1v) is 18.3. The van der Waals surface area contributed by atoms with Gasteiger partial charge >= 0.3 is 17.9 Å². The van der Waals surface area contributed by atoms with Gasteiger partial charge in [0.25, 0.3) is 0 Å². The molecule has 3 amide bonds. The molecule has 1 fully saturated rings. The summed E-state index contributed by atoms with van der Waals surface area (Å²) in [6.07, 6.45) is -0.700. The highest BCUT2D eigenvalue weighted by molar-refractivity contribution is 5.92. The van der Waals surface area contributed by atoms with Crippen molar-refractivity contribution in [2.75, 3.05) is 19.7 Å². The maximum atomic E-state index is 14.0. The summed E-state index contributed by atoms with van der Waals surface area (Å²) in [6, 6.07) is 8.12. The van der Waals surface area contributed by atoms with Crippen molar-refractivity contribution in [1.82, 2.24) is 10.6 Å². The number of esters is 3. The minimum absolute atomic E-state index is 0.0882. The zero-order valence-electron chi connectivity index (χ0n) is 31.5. The van der Waals surface area contributed by atoms with E-state index in [0.717, 1.165) is 32.3 Å². The van der Waals surface area contributed by atoms with E-state index in [0.29, 0.717) is 45.2 Å². The van der Waals surface area contributed by atoms with Crippen LogP contribution in [0.25, 0.3) is 0 Å². The summed E-state index contributed by atoms with van der Waals surface area (Å²) in [5, 5.41) is 5.58. The number of nitrogens with two attached hydrogens (primary N) is 2. The molecule has 0 aliphatic carbocycles. The predicted octanol–water partition coefficient (Wildman–Crippen LogP) is 1.69. The number of carbonyl (C=O) groups is 7. The van der Waals surface area contributed by atoms with E-state index >= 15 is 0 Å². The first-order chi connectivity index (χ1) is 25.7. The summed E-state index contributed by atoms with van der Waals surface area (Å²) in [4.78, 5) is 86.0. The van der Waals surface area contributed by atoms with E-state index in [9.17, 15) is 33.6 Å². The number of benzene rings is 1. The topological polar surface area (TPSA) is 242 Å². The van der Waals surface area contributed by atoms with E-state index in [2.05, 4.69) is 17.2 Å². The lowest BCUT2D eigenvalue weighted by Crippen LogP contribution is -2.56. The number of ketones is 1. The molecule has 1 aromatic carbocycles. The number of ether oxygens (including phenoxy) is 5. The van der Waals surface area contributed by atoms with Crippen molar-refractivity contribution in [2.45, 2.75) is 122 Å².